The van der Waals surface area contributed by atoms with Crippen LogP contribution in [0.2, 0.25) is 0 Å². The van der Waals surface area contributed by atoms with E-state index in [-0.39, 0.29) is 23.0 Å². The number of nitrogens with zero attached hydrogens (tertiary/aromatic N) is 1. The molecule has 0 aliphatic carbocycles. The first-order valence-corrected chi connectivity index (χ1v) is 11.0. The van der Waals surface area contributed by atoms with E-state index in [2.05, 4.69) is 10.2 Å². The van der Waals surface area contributed by atoms with Gasteiger partial charge in [-0.15, -0.1) is 0 Å². The predicted molar refractivity (Wildman–Crippen MR) is 109 cm³/mol. The van der Waals surface area contributed by atoms with Crippen molar-refractivity contribution in [2.45, 2.75) is 37.5 Å². The van der Waals surface area contributed by atoms with Crippen LogP contribution in [-0.2, 0) is 14.6 Å². The zero-order valence-electron chi connectivity index (χ0n) is 15.6. The molecule has 144 valence electrons. The summed E-state index contributed by atoms with van der Waals surface area (Å²) in [5, 5.41) is 2.90. The van der Waals surface area contributed by atoms with Crippen molar-refractivity contribution >= 4 is 27.1 Å². The van der Waals surface area contributed by atoms with Crippen molar-refractivity contribution in [2.24, 2.45) is 0 Å². The quantitative estimate of drug-likeness (QED) is 0.820. The Labute approximate surface area is 161 Å². The molecule has 0 radical (unpaired) electrons. The van der Waals surface area contributed by atoms with Crippen LogP contribution >= 0.6 is 0 Å². The lowest BCUT2D eigenvalue weighted by Gasteiger charge is -2.30. The molecule has 27 heavy (non-hydrogen) atoms. The van der Waals surface area contributed by atoms with Gasteiger partial charge in [0, 0.05) is 19.5 Å². The van der Waals surface area contributed by atoms with Gasteiger partial charge in [-0.2, -0.15) is 0 Å². The molecule has 1 amide bonds. The molecule has 3 rings (SSSR count). The highest BCUT2D eigenvalue weighted by Crippen LogP contribution is 2.28. The second-order valence-corrected chi connectivity index (χ2v) is 9.10. The van der Waals surface area contributed by atoms with Crippen LogP contribution in [0.3, 0.4) is 0 Å². The van der Waals surface area contributed by atoms with Gasteiger partial charge in [-0.05, 0) is 50.5 Å². The number of benzene rings is 2. The molecule has 5 nitrogen and oxygen atoms in total. The first kappa shape index (κ1) is 19.4. The summed E-state index contributed by atoms with van der Waals surface area (Å²) in [4.78, 5) is 14.9. The van der Waals surface area contributed by atoms with Crippen LogP contribution in [0, 0.1) is 6.92 Å². The molecule has 1 heterocycles. The summed E-state index contributed by atoms with van der Waals surface area (Å²) < 4.78 is 24.9. The minimum absolute atomic E-state index is 0.0649. The number of hydrogen-bond acceptors (Lipinski definition) is 4. The molecule has 0 saturated carbocycles. The van der Waals surface area contributed by atoms with Gasteiger partial charge < -0.3 is 10.2 Å². The van der Waals surface area contributed by atoms with Crippen LogP contribution < -0.4 is 10.2 Å². The Morgan fingerprint density at radius 3 is 2.37 bits per heavy atom. The fraction of sp³-hybridized carbons (Fsp3) is 0.381. The van der Waals surface area contributed by atoms with Crippen molar-refractivity contribution in [2.75, 3.05) is 29.1 Å². The normalized spacial score (nSPS) is 14.8. The van der Waals surface area contributed by atoms with E-state index in [1.54, 1.807) is 24.3 Å². The van der Waals surface area contributed by atoms with Crippen molar-refractivity contribution in [3.05, 3.63) is 54.1 Å². The molecule has 1 aliphatic rings. The van der Waals surface area contributed by atoms with Gasteiger partial charge in [-0.3, -0.25) is 4.79 Å². The van der Waals surface area contributed by atoms with Gasteiger partial charge in [0.1, 0.15) is 0 Å². The number of nitrogens with one attached hydrogen (secondary N) is 1. The highest BCUT2D eigenvalue weighted by Gasteiger charge is 2.18. The van der Waals surface area contributed by atoms with E-state index in [1.165, 1.54) is 6.42 Å². The first-order valence-electron chi connectivity index (χ1n) is 9.39. The molecular weight excluding hydrogens is 360 g/mol. The number of sulfone groups is 1. The molecule has 1 aliphatic heterocycles. The van der Waals surface area contributed by atoms with Crippen LogP contribution in [0.1, 0.15) is 31.2 Å². The van der Waals surface area contributed by atoms with Gasteiger partial charge in [0.15, 0.2) is 9.84 Å². The van der Waals surface area contributed by atoms with E-state index in [4.69, 9.17) is 0 Å². The zero-order chi connectivity index (χ0) is 19.3. The molecule has 0 aromatic heterocycles. The number of piperidine rings is 1. The predicted octanol–water partition coefficient (Wildman–Crippen LogP) is 3.79. The Hall–Kier alpha value is -2.34. The Kier molecular flexibility index (Phi) is 6.16. The third-order valence-electron chi connectivity index (χ3n) is 4.85. The number of carbonyl (C=O) groups excluding carboxylic acids is 1. The summed E-state index contributed by atoms with van der Waals surface area (Å²) in [5.41, 5.74) is 2.75. The maximum absolute atomic E-state index is 12.4. The van der Waals surface area contributed by atoms with Crippen molar-refractivity contribution in [3.63, 3.8) is 0 Å². The highest BCUT2D eigenvalue weighted by molar-refractivity contribution is 7.91. The summed E-state index contributed by atoms with van der Waals surface area (Å²) in [5.74, 6) is -0.483. The van der Waals surface area contributed by atoms with Crippen LogP contribution in [0.4, 0.5) is 11.4 Å². The van der Waals surface area contributed by atoms with E-state index in [1.807, 2.05) is 31.2 Å². The second kappa shape index (κ2) is 8.57. The molecule has 6 heteroatoms. The number of carbonyl (C=O) groups is 1. The molecule has 0 bridgehead atoms. The zero-order valence-corrected chi connectivity index (χ0v) is 16.5. The molecular formula is C21H26N2O3S. The maximum atomic E-state index is 12.4. The maximum Gasteiger partial charge on any atom is 0.225 e. The molecule has 0 spiro atoms. The lowest BCUT2D eigenvalue weighted by molar-refractivity contribution is -0.115. The smallest absolute Gasteiger partial charge is 0.225 e. The van der Waals surface area contributed by atoms with Crippen molar-refractivity contribution in [3.8, 4) is 0 Å². The molecule has 0 atom stereocenters. The Balaban J connectivity index is 1.63. The molecule has 2 aromatic rings. The average Bonchev–Trinajstić information content (AvgIpc) is 2.68. The molecule has 0 unspecified atom stereocenters. The van der Waals surface area contributed by atoms with Crippen LogP contribution in [0.15, 0.2) is 53.4 Å². The summed E-state index contributed by atoms with van der Waals surface area (Å²) >= 11 is 0. The van der Waals surface area contributed by atoms with Crippen LogP contribution in [0.25, 0.3) is 0 Å². The third-order valence-corrected chi connectivity index (χ3v) is 6.58. The number of amides is 1. The Morgan fingerprint density at radius 1 is 1.00 bits per heavy atom. The fourth-order valence-electron chi connectivity index (χ4n) is 3.29. The van der Waals surface area contributed by atoms with Gasteiger partial charge in [0.2, 0.25) is 5.91 Å². The van der Waals surface area contributed by atoms with E-state index in [9.17, 15) is 13.2 Å². The van der Waals surface area contributed by atoms with Gasteiger partial charge in [0.25, 0.3) is 0 Å². The Morgan fingerprint density at radius 2 is 1.67 bits per heavy atom. The van der Waals surface area contributed by atoms with Crippen LogP contribution in [-0.4, -0.2) is 33.2 Å². The second-order valence-electron chi connectivity index (χ2n) is 6.99. The molecule has 1 fully saturated rings. The average molecular weight is 387 g/mol. The minimum Gasteiger partial charge on any atom is -0.370 e. The fourth-order valence-corrected chi connectivity index (χ4v) is 4.53. The number of anilines is 2. The summed E-state index contributed by atoms with van der Waals surface area (Å²) in [6.45, 7) is 3.87. The van der Waals surface area contributed by atoms with E-state index in [0.717, 1.165) is 42.9 Å². The topological polar surface area (TPSA) is 66.5 Å². The number of rotatable bonds is 6. The number of aryl methyl sites for hydroxylation is 1. The first-order chi connectivity index (χ1) is 13.0. The summed E-state index contributed by atoms with van der Waals surface area (Å²) in [6, 6.07) is 14.4. The highest BCUT2D eigenvalue weighted by atomic mass is 32.2. The van der Waals surface area contributed by atoms with E-state index >= 15 is 0 Å². The van der Waals surface area contributed by atoms with Gasteiger partial charge in [-0.25, -0.2) is 8.42 Å². The summed E-state index contributed by atoms with van der Waals surface area (Å²) in [7, 11) is -3.47. The Bertz CT molecular complexity index is 886. The molecule has 1 saturated heterocycles. The SMILES string of the molecule is Cc1ccc(S(=O)(=O)CCC(=O)Nc2ccccc2N2CCCCC2)cc1. The summed E-state index contributed by atoms with van der Waals surface area (Å²) in [6.07, 6.45) is 3.47. The van der Waals surface area contributed by atoms with Crippen LogP contribution in [0.5, 0.6) is 0 Å². The van der Waals surface area contributed by atoms with Gasteiger partial charge in [0.05, 0.1) is 22.0 Å². The largest absolute Gasteiger partial charge is 0.370 e. The lowest BCUT2D eigenvalue weighted by atomic mass is 10.1. The van der Waals surface area contributed by atoms with Gasteiger partial charge >= 0.3 is 0 Å². The number of para-hydroxylation sites is 2. The monoisotopic (exact) mass is 386 g/mol. The minimum atomic E-state index is -3.47. The lowest BCUT2D eigenvalue weighted by Crippen LogP contribution is -2.30. The number of hydrogen-bond donors (Lipinski definition) is 1. The molecule has 2 aromatic carbocycles. The van der Waals surface area contributed by atoms with Crippen molar-refractivity contribution < 1.29 is 13.2 Å². The van der Waals surface area contributed by atoms with E-state index < -0.39 is 9.84 Å². The molecule has 1 N–H and O–H groups in total. The third kappa shape index (κ3) is 5.10. The van der Waals surface area contributed by atoms with Crippen molar-refractivity contribution in [1.29, 1.82) is 0 Å². The van der Waals surface area contributed by atoms with Crippen molar-refractivity contribution in [1.82, 2.24) is 0 Å². The standard InChI is InChI=1S/C21H26N2O3S/c1-17-9-11-18(12-10-17)27(25,26)16-13-21(24)22-19-7-3-4-8-20(19)23-14-5-2-6-15-23/h3-4,7-12H,2,5-6,13-16H2,1H3,(H,22,24). The van der Waals surface area contributed by atoms with E-state index in [0.29, 0.717) is 0 Å². The van der Waals surface area contributed by atoms with Gasteiger partial charge in [-0.1, -0.05) is 29.8 Å².